The summed E-state index contributed by atoms with van der Waals surface area (Å²) in [6.45, 7) is 9.56. The minimum Gasteiger partial charge on any atom is -0.388 e. The Morgan fingerprint density at radius 3 is 2.82 bits per heavy atom. The third-order valence-corrected chi connectivity index (χ3v) is 3.31. The zero-order chi connectivity index (χ0) is 12.8. The van der Waals surface area contributed by atoms with E-state index in [2.05, 4.69) is 11.6 Å². The van der Waals surface area contributed by atoms with Crippen LogP contribution < -0.4 is 0 Å². The lowest BCUT2D eigenvalue weighted by Crippen LogP contribution is -2.06. The van der Waals surface area contributed by atoms with Crippen molar-refractivity contribution in [1.82, 2.24) is 4.98 Å². The number of aromatic nitrogens is 1. The molecule has 1 aromatic rings. The fourth-order valence-electron chi connectivity index (χ4n) is 1.34. The first-order chi connectivity index (χ1) is 8.02. The van der Waals surface area contributed by atoms with E-state index < -0.39 is 6.10 Å². The summed E-state index contributed by atoms with van der Waals surface area (Å²) in [6.07, 6.45) is 5.87. The molecule has 0 radical (unpaired) electrons. The Bertz CT molecular complexity index is 443. The number of aliphatic hydroxyl groups excluding tert-OH is 1. The minimum absolute atomic E-state index is 0.452. The van der Waals surface area contributed by atoms with Crippen LogP contribution in [0.25, 0.3) is 6.08 Å². The largest absolute Gasteiger partial charge is 0.388 e. The molecule has 2 nitrogen and oxygen atoms in total. The highest BCUT2D eigenvalue weighted by Crippen LogP contribution is 2.15. The van der Waals surface area contributed by atoms with Crippen molar-refractivity contribution < 1.29 is 5.11 Å². The van der Waals surface area contributed by atoms with Crippen LogP contribution in [0, 0.1) is 6.92 Å². The van der Waals surface area contributed by atoms with E-state index in [4.69, 9.17) is 0 Å². The van der Waals surface area contributed by atoms with Crippen LogP contribution in [0.5, 0.6) is 0 Å². The first-order valence-electron chi connectivity index (χ1n) is 5.60. The van der Waals surface area contributed by atoms with E-state index >= 15 is 0 Å². The van der Waals surface area contributed by atoms with E-state index in [0.29, 0.717) is 6.42 Å². The summed E-state index contributed by atoms with van der Waals surface area (Å²) in [5.74, 6) is 0. The second-order valence-corrected chi connectivity index (χ2v) is 5.15. The van der Waals surface area contributed by atoms with Gasteiger partial charge in [0.2, 0.25) is 0 Å². The maximum absolute atomic E-state index is 9.96. The van der Waals surface area contributed by atoms with Gasteiger partial charge in [0.05, 0.1) is 16.8 Å². The Kier molecular flexibility index (Phi) is 5.32. The lowest BCUT2D eigenvalue weighted by molar-refractivity contribution is 0.215. The number of hydrogen-bond acceptors (Lipinski definition) is 3. The van der Waals surface area contributed by atoms with Crippen molar-refractivity contribution in [3.63, 3.8) is 0 Å². The summed E-state index contributed by atoms with van der Waals surface area (Å²) in [5, 5.41) is 13.0. The fraction of sp³-hybridized carbons (Fsp3) is 0.357. The van der Waals surface area contributed by atoms with Crippen LogP contribution in [0.15, 0.2) is 35.3 Å². The Morgan fingerprint density at radius 1 is 1.59 bits per heavy atom. The van der Waals surface area contributed by atoms with Crippen molar-refractivity contribution in [3.05, 3.63) is 46.0 Å². The summed E-state index contributed by atoms with van der Waals surface area (Å²) in [5.41, 5.74) is 2.94. The van der Waals surface area contributed by atoms with Crippen molar-refractivity contribution in [2.75, 3.05) is 0 Å². The number of thiazole rings is 1. The molecule has 0 spiro atoms. The second-order valence-electron chi connectivity index (χ2n) is 4.08. The lowest BCUT2D eigenvalue weighted by Gasteiger charge is -2.08. The molecular weight excluding hydrogens is 230 g/mol. The number of allylic oxidation sites excluding steroid dienone is 2. The van der Waals surface area contributed by atoms with Crippen molar-refractivity contribution >= 4 is 17.4 Å². The van der Waals surface area contributed by atoms with Gasteiger partial charge < -0.3 is 5.11 Å². The maximum atomic E-state index is 9.96. The van der Waals surface area contributed by atoms with Gasteiger partial charge in [0.15, 0.2) is 0 Å². The molecule has 0 aromatic carbocycles. The third kappa shape index (κ3) is 4.67. The zero-order valence-electron chi connectivity index (χ0n) is 10.6. The van der Waals surface area contributed by atoms with Gasteiger partial charge in [-0.1, -0.05) is 24.3 Å². The van der Waals surface area contributed by atoms with E-state index in [1.165, 1.54) is 0 Å². The molecule has 3 heteroatoms. The fourth-order valence-corrected chi connectivity index (χ4v) is 1.91. The van der Waals surface area contributed by atoms with Crippen molar-refractivity contribution in [3.8, 4) is 0 Å². The summed E-state index contributed by atoms with van der Waals surface area (Å²) in [7, 11) is 0. The van der Waals surface area contributed by atoms with Gasteiger partial charge in [-0.3, -0.25) is 0 Å². The highest BCUT2D eigenvalue weighted by Gasteiger charge is 2.05. The van der Waals surface area contributed by atoms with Crippen LogP contribution in [0.3, 0.4) is 0 Å². The van der Waals surface area contributed by atoms with Gasteiger partial charge in [-0.05, 0) is 38.8 Å². The second kappa shape index (κ2) is 6.52. The molecule has 1 aromatic heterocycles. The molecule has 1 heterocycles. The van der Waals surface area contributed by atoms with Gasteiger partial charge in [0, 0.05) is 5.38 Å². The van der Waals surface area contributed by atoms with E-state index in [9.17, 15) is 5.11 Å². The van der Waals surface area contributed by atoms with Gasteiger partial charge in [-0.2, -0.15) is 0 Å². The number of rotatable bonds is 5. The average molecular weight is 249 g/mol. The zero-order valence-corrected chi connectivity index (χ0v) is 11.4. The molecule has 0 saturated carbocycles. The van der Waals surface area contributed by atoms with Crippen LogP contribution in [0.1, 0.15) is 31.0 Å². The quantitative estimate of drug-likeness (QED) is 0.806. The number of aryl methyl sites for hydroxylation is 1. The van der Waals surface area contributed by atoms with E-state index in [1.54, 1.807) is 17.4 Å². The predicted octanol–water partition coefficient (Wildman–Crippen LogP) is 3.74. The van der Waals surface area contributed by atoms with Gasteiger partial charge in [-0.15, -0.1) is 11.3 Å². The Hall–Kier alpha value is -1.19. The molecule has 0 amide bonds. The smallest absolute Gasteiger partial charge is 0.0901 e. The number of nitrogens with zero attached hydrogens (tertiary/aromatic N) is 1. The molecule has 0 fully saturated rings. The number of aliphatic hydroxyl groups is 1. The van der Waals surface area contributed by atoms with E-state index in [1.807, 2.05) is 38.3 Å². The highest BCUT2D eigenvalue weighted by molar-refractivity contribution is 7.09. The molecule has 17 heavy (non-hydrogen) atoms. The third-order valence-electron chi connectivity index (χ3n) is 2.52. The monoisotopic (exact) mass is 249 g/mol. The molecule has 92 valence electrons. The minimum atomic E-state index is -0.452. The molecule has 0 saturated heterocycles. The Balaban J connectivity index is 2.66. The van der Waals surface area contributed by atoms with Crippen molar-refractivity contribution in [2.24, 2.45) is 0 Å². The van der Waals surface area contributed by atoms with E-state index in [-0.39, 0.29) is 0 Å². The summed E-state index contributed by atoms with van der Waals surface area (Å²) < 4.78 is 0. The Morgan fingerprint density at radius 2 is 2.29 bits per heavy atom. The van der Waals surface area contributed by atoms with Crippen LogP contribution >= 0.6 is 11.3 Å². The normalized spacial score (nSPS) is 14.8. The molecule has 0 unspecified atom stereocenters. The number of hydrogen-bond donors (Lipinski definition) is 1. The topological polar surface area (TPSA) is 33.1 Å². The highest BCUT2D eigenvalue weighted by atomic mass is 32.1. The van der Waals surface area contributed by atoms with Crippen molar-refractivity contribution in [2.45, 2.75) is 33.3 Å². The molecular formula is C14H19NOS. The standard InChI is InChI=1S/C14H19NOS/c1-5-10(2)6-7-14(16)11(3)8-13-9-17-12(4)15-13/h5-6,8-9,14,16H,1,7H2,2-4H3/b10-6+,11-8+/t14-/m0/s1. The molecule has 0 aliphatic carbocycles. The van der Waals surface area contributed by atoms with E-state index in [0.717, 1.165) is 21.8 Å². The van der Waals surface area contributed by atoms with Crippen LogP contribution in [-0.4, -0.2) is 16.2 Å². The summed E-state index contributed by atoms with van der Waals surface area (Å²) >= 11 is 1.62. The molecule has 1 atom stereocenters. The molecule has 1 N–H and O–H groups in total. The van der Waals surface area contributed by atoms with Gasteiger partial charge in [0.25, 0.3) is 0 Å². The van der Waals surface area contributed by atoms with Crippen LogP contribution in [0.4, 0.5) is 0 Å². The summed E-state index contributed by atoms with van der Waals surface area (Å²) in [4.78, 5) is 4.34. The van der Waals surface area contributed by atoms with Crippen molar-refractivity contribution in [1.29, 1.82) is 0 Å². The average Bonchev–Trinajstić information content (AvgIpc) is 2.70. The summed E-state index contributed by atoms with van der Waals surface area (Å²) in [6, 6.07) is 0. The molecule has 0 bridgehead atoms. The van der Waals surface area contributed by atoms with Crippen LogP contribution in [-0.2, 0) is 0 Å². The molecule has 0 aliphatic heterocycles. The van der Waals surface area contributed by atoms with Crippen LogP contribution in [0.2, 0.25) is 0 Å². The molecule has 1 rings (SSSR count). The predicted molar refractivity (Wildman–Crippen MR) is 75.1 cm³/mol. The SMILES string of the molecule is C=C/C(C)=C/C[C@H](O)/C(C)=C/c1csc(C)n1. The van der Waals surface area contributed by atoms with Gasteiger partial charge >= 0.3 is 0 Å². The maximum Gasteiger partial charge on any atom is 0.0901 e. The van der Waals surface area contributed by atoms with Gasteiger partial charge in [-0.25, -0.2) is 4.98 Å². The van der Waals surface area contributed by atoms with Gasteiger partial charge in [0.1, 0.15) is 0 Å². The Labute approximate surface area is 107 Å². The lowest BCUT2D eigenvalue weighted by atomic mass is 10.1. The first-order valence-corrected chi connectivity index (χ1v) is 6.48. The molecule has 0 aliphatic rings. The first kappa shape index (κ1) is 13.9.